The number of hydrogen-bond acceptors (Lipinski definition) is 4. The van der Waals surface area contributed by atoms with Crippen LogP contribution < -0.4 is 0 Å². The Morgan fingerprint density at radius 1 is 1.33 bits per heavy atom. The fourth-order valence-corrected chi connectivity index (χ4v) is 4.43. The van der Waals surface area contributed by atoms with Crippen LogP contribution in [0.2, 0.25) is 0 Å². The third-order valence-corrected chi connectivity index (χ3v) is 5.11. The number of aliphatic hydroxyl groups is 1. The lowest BCUT2D eigenvalue weighted by atomic mass is 9.70. The van der Waals surface area contributed by atoms with E-state index in [1.54, 1.807) is 11.8 Å². The number of carbonyl (C=O) groups excluding carboxylic acids is 1. The Bertz CT molecular complexity index is 253. The van der Waals surface area contributed by atoms with Crippen molar-refractivity contribution in [3.05, 3.63) is 0 Å². The van der Waals surface area contributed by atoms with Crippen molar-refractivity contribution in [3.8, 4) is 0 Å². The van der Waals surface area contributed by atoms with E-state index in [4.69, 9.17) is 4.74 Å². The Labute approximate surface area is 94.6 Å². The van der Waals surface area contributed by atoms with Gasteiger partial charge < -0.3 is 9.84 Å². The number of carbonyl (C=O) groups is 1. The molecule has 1 atom stereocenters. The van der Waals surface area contributed by atoms with E-state index >= 15 is 0 Å². The van der Waals surface area contributed by atoms with Gasteiger partial charge in [0.25, 0.3) is 0 Å². The number of esters is 1. The van der Waals surface area contributed by atoms with E-state index in [1.807, 2.05) is 0 Å². The molecule has 2 fully saturated rings. The molecule has 0 bridgehead atoms. The van der Waals surface area contributed by atoms with Crippen molar-refractivity contribution in [2.24, 2.45) is 5.41 Å². The molecule has 1 aliphatic heterocycles. The molecule has 1 N–H and O–H groups in total. The second-order valence-electron chi connectivity index (χ2n) is 4.61. The van der Waals surface area contributed by atoms with E-state index in [-0.39, 0.29) is 5.97 Å². The summed E-state index contributed by atoms with van der Waals surface area (Å²) in [5, 5.41) is 10.6. The van der Waals surface area contributed by atoms with Crippen molar-refractivity contribution in [1.82, 2.24) is 0 Å². The maximum atomic E-state index is 11.9. The van der Waals surface area contributed by atoms with Gasteiger partial charge in [-0.05, 0) is 25.0 Å². The Balaban J connectivity index is 2.29. The highest BCUT2D eigenvalue weighted by atomic mass is 32.2. The van der Waals surface area contributed by atoms with Crippen molar-refractivity contribution >= 4 is 17.7 Å². The lowest BCUT2D eigenvalue weighted by Crippen LogP contribution is -2.52. The van der Waals surface area contributed by atoms with Gasteiger partial charge in [-0.25, -0.2) is 0 Å². The predicted molar refractivity (Wildman–Crippen MR) is 59.8 cm³/mol. The van der Waals surface area contributed by atoms with Gasteiger partial charge in [0.15, 0.2) is 0 Å². The lowest BCUT2D eigenvalue weighted by molar-refractivity contribution is -0.169. The van der Waals surface area contributed by atoms with E-state index in [0.717, 1.165) is 43.6 Å². The van der Waals surface area contributed by atoms with Gasteiger partial charge in [-0.2, -0.15) is 11.8 Å². The summed E-state index contributed by atoms with van der Waals surface area (Å²) in [7, 11) is 1.42. The third kappa shape index (κ3) is 1.58. The van der Waals surface area contributed by atoms with Gasteiger partial charge in [0.1, 0.15) is 5.41 Å². The number of hydrogen-bond donors (Lipinski definition) is 1. The van der Waals surface area contributed by atoms with Crippen LogP contribution in [0, 0.1) is 5.41 Å². The smallest absolute Gasteiger partial charge is 0.315 e. The van der Waals surface area contributed by atoms with E-state index in [0.29, 0.717) is 0 Å². The average Bonchev–Trinajstić information content (AvgIpc) is 2.86. The number of thioether (sulfide) groups is 1. The lowest BCUT2D eigenvalue weighted by Gasteiger charge is -2.39. The molecule has 1 saturated heterocycles. The molecule has 15 heavy (non-hydrogen) atoms. The molecule has 0 amide bonds. The summed E-state index contributed by atoms with van der Waals surface area (Å²) in [6.07, 6.45) is 4.33. The molecule has 1 unspecified atom stereocenters. The molecule has 2 aliphatic rings. The fraction of sp³-hybridized carbons (Fsp3) is 0.909. The highest BCUT2D eigenvalue weighted by Crippen LogP contribution is 2.52. The topological polar surface area (TPSA) is 46.5 Å². The summed E-state index contributed by atoms with van der Waals surface area (Å²) in [4.78, 5) is 11.9. The normalized spacial score (nSPS) is 34.3. The Morgan fingerprint density at radius 3 is 2.47 bits per heavy atom. The van der Waals surface area contributed by atoms with Crippen molar-refractivity contribution < 1.29 is 14.6 Å². The molecular formula is C11H18O3S. The zero-order chi connectivity index (χ0) is 10.9. The first-order valence-corrected chi connectivity index (χ1v) is 6.69. The van der Waals surface area contributed by atoms with Crippen LogP contribution in [0.1, 0.15) is 32.1 Å². The van der Waals surface area contributed by atoms with E-state index in [9.17, 15) is 9.90 Å². The van der Waals surface area contributed by atoms with Crippen LogP contribution >= 0.6 is 11.8 Å². The fourth-order valence-electron chi connectivity index (χ4n) is 2.92. The quantitative estimate of drug-likeness (QED) is 0.732. The maximum absolute atomic E-state index is 11.9. The van der Waals surface area contributed by atoms with Crippen molar-refractivity contribution in [2.75, 3.05) is 18.6 Å². The SMILES string of the molecule is COC(=O)C1(C2(O)CCCC2)CCSC1. The van der Waals surface area contributed by atoms with Crippen LogP contribution in [0.4, 0.5) is 0 Å². The molecule has 1 aliphatic carbocycles. The van der Waals surface area contributed by atoms with Crippen LogP contribution in [-0.4, -0.2) is 35.3 Å². The number of ether oxygens (including phenoxy) is 1. The van der Waals surface area contributed by atoms with Gasteiger partial charge in [0, 0.05) is 5.75 Å². The van der Waals surface area contributed by atoms with E-state index in [2.05, 4.69) is 0 Å². The van der Waals surface area contributed by atoms with Gasteiger partial charge >= 0.3 is 5.97 Å². The van der Waals surface area contributed by atoms with Crippen LogP contribution in [-0.2, 0) is 9.53 Å². The zero-order valence-electron chi connectivity index (χ0n) is 9.12. The molecule has 0 aromatic carbocycles. The van der Waals surface area contributed by atoms with Gasteiger partial charge in [0.2, 0.25) is 0 Å². The summed E-state index contributed by atoms with van der Waals surface area (Å²) in [5.74, 6) is 1.46. The van der Waals surface area contributed by atoms with E-state index in [1.165, 1.54) is 7.11 Å². The third-order valence-electron chi connectivity index (χ3n) is 3.92. The monoisotopic (exact) mass is 230 g/mol. The minimum Gasteiger partial charge on any atom is -0.468 e. The van der Waals surface area contributed by atoms with Gasteiger partial charge in [0.05, 0.1) is 12.7 Å². The first kappa shape index (κ1) is 11.3. The minimum atomic E-state index is -0.802. The number of methoxy groups -OCH3 is 1. The zero-order valence-corrected chi connectivity index (χ0v) is 9.94. The Hall–Kier alpha value is -0.220. The first-order valence-electron chi connectivity index (χ1n) is 5.53. The first-order chi connectivity index (χ1) is 7.15. The van der Waals surface area contributed by atoms with Crippen LogP contribution in [0.3, 0.4) is 0 Å². The molecule has 0 aromatic rings. The summed E-state index contributed by atoms with van der Waals surface area (Å²) in [6, 6.07) is 0. The molecule has 1 saturated carbocycles. The summed E-state index contributed by atoms with van der Waals surface area (Å²) in [6.45, 7) is 0. The maximum Gasteiger partial charge on any atom is 0.315 e. The second kappa shape index (κ2) is 3.98. The average molecular weight is 230 g/mol. The number of rotatable bonds is 2. The standard InChI is InChI=1S/C11H18O3S/c1-14-9(12)10(6-7-15-8-10)11(13)4-2-3-5-11/h13H,2-8H2,1H3. The molecule has 3 nitrogen and oxygen atoms in total. The molecule has 4 heteroatoms. The Morgan fingerprint density at radius 2 is 2.00 bits per heavy atom. The molecule has 0 radical (unpaired) electrons. The molecule has 2 rings (SSSR count). The van der Waals surface area contributed by atoms with Crippen LogP contribution in [0.25, 0.3) is 0 Å². The molecular weight excluding hydrogens is 212 g/mol. The van der Waals surface area contributed by atoms with Gasteiger partial charge in [-0.1, -0.05) is 12.8 Å². The molecule has 86 valence electrons. The summed E-state index contributed by atoms with van der Waals surface area (Å²) < 4.78 is 4.90. The van der Waals surface area contributed by atoms with Crippen LogP contribution in [0.5, 0.6) is 0 Å². The van der Waals surface area contributed by atoms with Crippen molar-refractivity contribution in [2.45, 2.75) is 37.7 Å². The Kier molecular flexibility index (Phi) is 2.99. The highest BCUT2D eigenvalue weighted by Gasteiger charge is 2.58. The molecule has 0 aromatic heterocycles. The summed E-state index contributed by atoms with van der Waals surface area (Å²) >= 11 is 1.75. The largest absolute Gasteiger partial charge is 0.468 e. The molecule has 1 heterocycles. The van der Waals surface area contributed by atoms with Gasteiger partial charge in [-0.3, -0.25) is 4.79 Å². The van der Waals surface area contributed by atoms with E-state index < -0.39 is 11.0 Å². The van der Waals surface area contributed by atoms with Crippen molar-refractivity contribution in [3.63, 3.8) is 0 Å². The van der Waals surface area contributed by atoms with Crippen LogP contribution in [0.15, 0.2) is 0 Å². The molecule has 0 spiro atoms. The van der Waals surface area contributed by atoms with Crippen molar-refractivity contribution in [1.29, 1.82) is 0 Å². The predicted octanol–water partition coefficient (Wildman–Crippen LogP) is 1.59. The van der Waals surface area contributed by atoms with Gasteiger partial charge in [-0.15, -0.1) is 0 Å². The summed E-state index contributed by atoms with van der Waals surface area (Å²) in [5.41, 5.74) is -1.42. The second-order valence-corrected chi connectivity index (χ2v) is 5.72. The highest BCUT2D eigenvalue weighted by molar-refractivity contribution is 7.99. The minimum absolute atomic E-state index is 0.211.